The molecule has 1 aromatic heterocycles. The molecule has 0 saturated heterocycles. The smallest absolute Gasteiger partial charge is 0.321 e. The van der Waals surface area contributed by atoms with Gasteiger partial charge in [-0.25, -0.2) is 9.78 Å². The van der Waals surface area contributed by atoms with Crippen molar-refractivity contribution < 1.29 is 9.53 Å². The zero-order chi connectivity index (χ0) is 17.1. The molecule has 0 aliphatic carbocycles. The van der Waals surface area contributed by atoms with Crippen LogP contribution >= 0.6 is 11.3 Å². The normalized spacial score (nSPS) is 15.0. The molecule has 0 spiro atoms. The van der Waals surface area contributed by atoms with Crippen molar-refractivity contribution >= 4 is 32.7 Å². The van der Waals surface area contributed by atoms with Crippen LogP contribution in [0.1, 0.15) is 32.8 Å². The quantitative estimate of drug-likeness (QED) is 0.830. The van der Waals surface area contributed by atoms with Gasteiger partial charge in [-0.15, -0.1) is 5.92 Å². The van der Waals surface area contributed by atoms with Crippen LogP contribution < -0.4 is 15.4 Å². The first-order chi connectivity index (χ1) is 11.6. The molecule has 2 amide bonds. The van der Waals surface area contributed by atoms with Gasteiger partial charge in [0, 0.05) is 23.9 Å². The standard InChI is InChI=1S/C18H21N3O2S/c1-4-6-11(3)13(5-2)19-17(22)21-18-20-16-12-9-10-23-14(12)7-8-15(16)24-18/h7-8,11,13H,5,9-10H2,1-3H3,(H2,19,20,21,22). The largest absolute Gasteiger partial charge is 0.493 e. The first-order valence-electron chi connectivity index (χ1n) is 8.17. The second-order valence-electron chi connectivity index (χ2n) is 5.80. The number of aromatic nitrogens is 1. The number of ether oxygens (including phenoxy) is 1. The number of benzene rings is 1. The average molecular weight is 343 g/mol. The third-order valence-electron chi connectivity index (χ3n) is 4.18. The number of anilines is 1. The number of hydrogen-bond donors (Lipinski definition) is 2. The molecule has 2 atom stereocenters. The van der Waals surface area contributed by atoms with Crippen LogP contribution in [-0.2, 0) is 6.42 Å². The van der Waals surface area contributed by atoms with Crippen molar-refractivity contribution in [3.63, 3.8) is 0 Å². The van der Waals surface area contributed by atoms with Crippen molar-refractivity contribution in [2.45, 2.75) is 39.7 Å². The van der Waals surface area contributed by atoms with Crippen LogP contribution in [0.15, 0.2) is 12.1 Å². The van der Waals surface area contributed by atoms with Gasteiger partial charge in [0.05, 0.1) is 16.8 Å². The van der Waals surface area contributed by atoms with E-state index in [0.717, 1.165) is 34.4 Å². The third kappa shape index (κ3) is 3.31. The summed E-state index contributed by atoms with van der Waals surface area (Å²) in [5, 5.41) is 6.44. The van der Waals surface area contributed by atoms with Crippen molar-refractivity contribution in [3.8, 4) is 17.6 Å². The highest BCUT2D eigenvalue weighted by Gasteiger charge is 2.20. The van der Waals surface area contributed by atoms with Gasteiger partial charge in [-0.05, 0) is 32.4 Å². The van der Waals surface area contributed by atoms with Gasteiger partial charge < -0.3 is 10.1 Å². The first-order valence-corrected chi connectivity index (χ1v) is 8.99. The number of hydrogen-bond acceptors (Lipinski definition) is 4. The Hall–Kier alpha value is -2.26. The van der Waals surface area contributed by atoms with E-state index >= 15 is 0 Å². The summed E-state index contributed by atoms with van der Waals surface area (Å²) in [5.74, 6) is 7.02. The minimum atomic E-state index is -0.237. The molecule has 5 nitrogen and oxygen atoms in total. The number of urea groups is 1. The summed E-state index contributed by atoms with van der Waals surface area (Å²) in [7, 11) is 0. The van der Waals surface area contributed by atoms with Gasteiger partial charge in [0.15, 0.2) is 5.13 Å². The monoisotopic (exact) mass is 343 g/mol. The number of carbonyl (C=O) groups is 1. The topological polar surface area (TPSA) is 63.2 Å². The molecule has 0 radical (unpaired) electrons. The van der Waals surface area contributed by atoms with Crippen LogP contribution in [0.4, 0.5) is 9.93 Å². The number of nitrogens with zero attached hydrogens (tertiary/aromatic N) is 1. The van der Waals surface area contributed by atoms with Crippen LogP contribution in [0.3, 0.4) is 0 Å². The van der Waals surface area contributed by atoms with Gasteiger partial charge in [0.2, 0.25) is 0 Å². The Bertz CT molecular complexity index is 819. The van der Waals surface area contributed by atoms with Gasteiger partial charge in [-0.1, -0.05) is 24.2 Å². The maximum absolute atomic E-state index is 12.3. The number of thiazole rings is 1. The van der Waals surface area contributed by atoms with Crippen molar-refractivity contribution in [3.05, 3.63) is 17.7 Å². The van der Waals surface area contributed by atoms with Gasteiger partial charge in [-0.3, -0.25) is 5.32 Å². The molecule has 2 heterocycles. The zero-order valence-electron chi connectivity index (χ0n) is 14.1. The molecule has 0 bridgehead atoms. The van der Waals surface area contributed by atoms with Crippen LogP contribution in [0, 0.1) is 17.8 Å². The van der Waals surface area contributed by atoms with Crippen LogP contribution in [0.5, 0.6) is 5.75 Å². The highest BCUT2D eigenvalue weighted by atomic mass is 32.1. The third-order valence-corrected chi connectivity index (χ3v) is 5.12. The second kappa shape index (κ2) is 7.10. The van der Waals surface area contributed by atoms with Gasteiger partial charge in [-0.2, -0.15) is 0 Å². The van der Waals surface area contributed by atoms with Gasteiger partial charge in [0.1, 0.15) is 5.75 Å². The molecule has 3 rings (SSSR count). The van der Waals surface area contributed by atoms with E-state index in [1.54, 1.807) is 0 Å². The van der Waals surface area contributed by atoms with Gasteiger partial charge in [0.25, 0.3) is 0 Å². The van der Waals surface area contributed by atoms with Crippen molar-refractivity contribution in [1.29, 1.82) is 0 Å². The molecule has 2 unspecified atom stereocenters. The summed E-state index contributed by atoms with van der Waals surface area (Å²) < 4.78 is 6.63. The molecule has 2 aromatic rings. The Morgan fingerprint density at radius 1 is 1.50 bits per heavy atom. The molecule has 6 heteroatoms. The van der Waals surface area contributed by atoms with E-state index in [1.807, 2.05) is 32.9 Å². The molecular weight excluding hydrogens is 322 g/mol. The molecule has 0 fully saturated rings. The van der Waals surface area contributed by atoms with Gasteiger partial charge >= 0.3 is 6.03 Å². The molecule has 24 heavy (non-hydrogen) atoms. The van der Waals surface area contributed by atoms with E-state index in [0.29, 0.717) is 11.7 Å². The Labute approximate surface area is 145 Å². The summed E-state index contributed by atoms with van der Waals surface area (Å²) in [6.45, 7) is 6.57. The molecule has 1 aliphatic heterocycles. The fraction of sp³-hybridized carbons (Fsp3) is 0.444. The molecule has 1 aromatic carbocycles. The lowest BCUT2D eigenvalue weighted by Crippen LogP contribution is -2.41. The SMILES string of the molecule is CC#CC(C)C(CC)NC(=O)Nc1nc2c3c(ccc2s1)OCC3. The fourth-order valence-electron chi connectivity index (χ4n) is 2.93. The van der Waals surface area contributed by atoms with Crippen LogP contribution in [-0.4, -0.2) is 23.7 Å². The lowest BCUT2D eigenvalue weighted by molar-refractivity contribution is 0.245. The van der Waals surface area contributed by atoms with E-state index in [9.17, 15) is 4.79 Å². The lowest BCUT2D eigenvalue weighted by Gasteiger charge is -2.19. The molecule has 1 aliphatic rings. The molecular formula is C18H21N3O2S. The summed E-state index contributed by atoms with van der Waals surface area (Å²) in [4.78, 5) is 16.8. The fourth-order valence-corrected chi connectivity index (χ4v) is 3.82. The Morgan fingerprint density at radius 2 is 2.33 bits per heavy atom. The maximum Gasteiger partial charge on any atom is 0.321 e. The Balaban J connectivity index is 1.72. The van der Waals surface area contributed by atoms with Crippen molar-refractivity contribution in [1.82, 2.24) is 10.3 Å². The molecule has 0 saturated carbocycles. The van der Waals surface area contributed by atoms with E-state index in [4.69, 9.17) is 4.74 Å². The van der Waals surface area contributed by atoms with E-state index < -0.39 is 0 Å². The first kappa shape index (κ1) is 16.6. The predicted molar refractivity (Wildman–Crippen MR) is 97.7 cm³/mol. The number of fused-ring (bicyclic) bond motifs is 3. The number of carbonyl (C=O) groups excluding carboxylic acids is 1. The Morgan fingerprint density at radius 3 is 3.08 bits per heavy atom. The summed E-state index contributed by atoms with van der Waals surface area (Å²) in [5.41, 5.74) is 2.07. The summed E-state index contributed by atoms with van der Waals surface area (Å²) in [6, 6.07) is 3.75. The van der Waals surface area contributed by atoms with Crippen LogP contribution in [0.25, 0.3) is 10.2 Å². The zero-order valence-corrected chi connectivity index (χ0v) is 14.9. The maximum atomic E-state index is 12.3. The number of rotatable bonds is 4. The van der Waals surface area contributed by atoms with E-state index in [1.165, 1.54) is 11.3 Å². The van der Waals surface area contributed by atoms with Crippen molar-refractivity contribution in [2.24, 2.45) is 5.92 Å². The number of amides is 2. The van der Waals surface area contributed by atoms with E-state index in [2.05, 4.69) is 27.5 Å². The van der Waals surface area contributed by atoms with Crippen LogP contribution in [0.2, 0.25) is 0 Å². The highest BCUT2D eigenvalue weighted by molar-refractivity contribution is 7.22. The minimum absolute atomic E-state index is 0.0180. The second-order valence-corrected chi connectivity index (χ2v) is 6.83. The van der Waals surface area contributed by atoms with Crippen molar-refractivity contribution in [2.75, 3.05) is 11.9 Å². The molecule has 126 valence electrons. The highest BCUT2D eigenvalue weighted by Crippen LogP contribution is 2.36. The lowest BCUT2D eigenvalue weighted by atomic mass is 10.0. The number of nitrogens with one attached hydrogen (secondary N) is 2. The predicted octanol–water partition coefficient (Wildman–Crippen LogP) is 3.79. The van der Waals surface area contributed by atoms with E-state index in [-0.39, 0.29) is 18.0 Å². The summed E-state index contributed by atoms with van der Waals surface area (Å²) >= 11 is 1.48. The Kier molecular flexibility index (Phi) is 4.91. The minimum Gasteiger partial charge on any atom is -0.493 e. The average Bonchev–Trinajstić information content (AvgIpc) is 3.17. The molecule has 2 N–H and O–H groups in total. The summed E-state index contributed by atoms with van der Waals surface area (Å²) in [6.07, 6.45) is 1.70.